The van der Waals surface area contributed by atoms with E-state index in [1.54, 1.807) is 0 Å². The summed E-state index contributed by atoms with van der Waals surface area (Å²) in [7, 11) is 1.97. The summed E-state index contributed by atoms with van der Waals surface area (Å²) < 4.78 is 0. The molecular weight excluding hydrogens is 220 g/mol. The van der Waals surface area contributed by atoms with E-state index in [9.17, 15) is 4.79 Å². The van der Waals surface area contributed by atoms with Gasteiger partial charge >= 0.3 is 0 Å². The van der Waals surface area contributed by atoms with E-state index in [4.69, 9.17) is 5.73 Å². The third-order valence-corrected chi connectivity index (χ3v) is 5.01. The standard InChI is InChI=1S/C12H22N2OS/c1-14(11-5-6-16-8-11)12(15)9-3-2-4-10(13)7-9/h9-11H,2-8,13H2,1H3. The molecule has 3 unspecified atom stereocenters. The molecular formula is C12H22N2OS. The molecule has 1 heterocycles. The first kappa shape index (κ1) is 12.2. The first-order valence-corrected chi connectivity index (χ1v) is 7.44. The molecule has 1 aliphatic heterocycles. The van der Waals surface area contributed by atoms with E-state index in [1.165, 1.54) is 5.75 Å². The van der Waals surface area contributed by atoms with Crippen LogP contribution in [0.1, 0.15) is 32.1 Å². The molecule has 1 amide bonds. The van der Waals surface area contributed by atoms with Crippen molar-refractivity contribution < 1.29 is 4.79 Å². The van der Waals surface area contributed by atoms with Crippen LogP contribution in [-0.2, 0) is 4.79 Å². The Morgan fingerprint density at radius 2 is 2.19 bits per heavy atom. The molecule has 1 saturated heterocycles. The Hall–Kier alpha value is -0.220. The van der Waals surface area contributed by atoms with Crippen LogP contribution < -0.4 is 5.73 Å². The zero-order valence-electron chi connectivity index (χ0n) is 10.0. The maximum Gasteiger partial charge on any atom is 0.225 e. The van der Waals surface area contributed by atoms with Gasteiger partial charge in [-0.1, -0.05) is 6.42 Å². The van der Waals surface area contributed by atoms with Gasteiger partial charge in [0.05, 0.1) is 0 Å². The highest BCUT2D eigenvalue weighted by Gasteiger charge is 2.31. The van der Waals surface area contributed by atoms with Crippen molar-refractivity contribution in [3.05, 3.63) is 0 Å². The molecule has 1 saturated carbocycles. The van der Waals surface area contributed by atoms with Crippen molar-refractivity contribution in [3.8, 4) is 0 Å². The van der Waals surface area contributed by atoms with Gasteiger partial charge in [0.15, 0.2) is 0 Å². The van der Waals surface area contributed by atoms with Crippen LogP contribution in [0, 0.1) is 5.92 Å². The highest BCUT2D eigenvalue weighted by molar-refractivity contribution is 7.99. The van der Waals surface area contributed by atoms with Crippen molar-refractivity contribution in [3.63, 3.8) is 0 Å². The fourth-order valence-electron chi connectivity index (χ4n) is 2.75. The highest BCUT2D eigenvalue weighted by Crippen LogP contribution is 2.28. The van der Waals surface area contributed by atoms with Crippen LogP contribution in [0.25, 0.3) is 0 Å². The molecule has 0 aromatic rings. The molecule has 2 aliphatic rings. The fourth-order valence-corrected chi connectivity index (χ4v) is 4.02. The number of nitrogens with two attached hydrogens (primary N) is 1. The van der Waals surface area contributed by atoms with Crippen LogP contribution in [0.3, 0.4) is 0 Å². The van der Waals surface area contributed by atoms with Gasteiger partial charge in [0.25, 0.3) is 0 Å². The van der Waals surface area contributed by atoms with E-state index in [0.29, 0.717) is 11.9 Å². The number of thioether (sulfide) groups is 1. The van der Waals surface area contributed by atoms with Crippen molar-refractivity contribution in [2.45, 2.75) is 44.2 Å². The van der Waals surface area contributed by atoms with Crippen molar-refractivity contribution in [1.82, 2.24) is 4.90 Å². The number of carbonyl (C=O) groups is 1. The highest BCUT2D eigenvalue weighted by atomic mass is 32.2. The van der Waals surface area contributed by atoms with Crippen molar-refractivity contribution in [2.75, 3.05) is 18.6 Å². The second-order valence-electron chi connectivity index (χ2n) is 5.09. The number of hydrogen-bond donors (Lipinski definition) is 1. The normalized spacial score (nSPS) is 35.0. The first-order valence-electron chi connectivity index (χ1n) is 6.28. The van der Waals surface area contributed by atoms with Crippen LogP contribution in [0.2, 0.25) is 0 Å². The predicted octanol–water partition coefficient (Wildman–Crippen LogP) is 1.47. The molecule has 0 aromatic carbocycles. The van der Waals surface area contributed by atoms with E-state index in [0.717, 1.165) is 37.9 Å². The lowest BCUT2D eigenvalue weighted by Gasteiger charge is -2.32. The average Bonchev–Trinajstić information content (AvgIpc) is 2.80. The van der Waals surface area contributed by atoms with Crippen LogP contribution in [0.4, 0.5) is 0 Å². The number of hydrogen-bond acceptors (Lipinski definition) is 3. The zero-order chi connectivity index (χ0) is 11.5. The average molecular weight is 242 g/mol. The van der Waals surface area contributed by atoms with Gasteiger partial charge in [0.2, 0.25) is 5.91 Å². The molecule has 3 nitrogen and oxygen atoms in total. The summed E-state index contributed by atoms with van der Waals surface area (Å²) in [6.45, 7) is 0. The zero-order valence-corrected chi connectivity index (χ0v) is 10.8. The Morgan fingerprint density at radius 3 is 2.81 bits per heavy atom. The van der Waals surface area contributed by atoms with Crippen LogP contribution in [0.5, 0.6) is 0 Å². The number of rotatable bonds is 2. The van der Waals surface area contributed by atoms with Gasteiger partial charge in [0.1, 0.15) is 0 Å². The maximum absolute atomic E-state index is 12.3. The van der Waals surface area contributed by atoms with Crippen LogP contribution in [-0.4, -0.2) is 41.4 Å². The third-order valence-electron chi connectivity index (χ3n) is 3.87. The Kier molecular flexibility index (Phi) is 4.14. The lowest BCUT2D eigenvalue weighted by molar-refractivity contribution is -0.137. The monoisotopic (exact) mass is 242 g/mol. The minimum atomic E-state index is 0.194. The minimum absolute atomic E-state index is 0.194. The first-order chi connectivity index (χ1) is 7.68. The van der Waals surface area contributed by atoms with Gasteiger partial charge in [0, 0.05) is 30.8 Å². The Balaban J connectivity index is 1.89. The second kappa shape index (κ2) is 5.41. The van der Waals surface area contributed by atoms with E-state index < -0.39 is 0 Å². The molecule has 2 fully saturated rings. The molecule has 2 N–H and O–H groups in total. The maximum atomic E-state index is 12.3. The van der Waals surface area contributed by atoms with Gasteiger partial charge in [-0.25, -0.2) is 0 Å². The molecule has 2 rings (SSSR count). The van der Waals surface area contributed by atoms with Crippen molar-refractivity contribution in [1.29, 1.82) is 0 Å². The number of carbonyl (C=O) groups excluding carboxylic acids is 1. The van der Waals surface area contributed by atoms with E-state index in [-0.39, 0.29) is 12.0 Å². The van der Waals surface area contributed by atoms with E-state index >= 15 is 0 Å². The lowest BCUT2D eigenvalue weighted by atomic mass is 9.85. The summed E-state index contributed by atoms with van der Waals surface area (Å²) >= 11 is 1.96. The fraction of sp³-hybridized carbons (Fsp3) is 0.917. The number of nitrogens with zero attached hydrogens (tertiary/aromatic N) is 1. The molecule has 16 heavy (non-hydrogen) atoms. The summed E-state index contributed by atoms with van der Waals surface area (Å²) in [6.07, 6.45) is 5.29. The number of amides is 1. The lowest BCUT2D eigenvalue weighted by Crippen LogP contribution is -2.43. The molecule has 92 valence electrons. The third kappa shape index (κ3) is 2.72. The molecule has 0 bridgehead atoms. The molecule has 0 aromatic heterocycles. The van der Waals surface area contributed by atoms with Gasteiger partial charge in [-0.05, 0) is 31.4 Å². The second-order valence-corrected chi connectivity index (χ2v) is 6.24. The Bertz CT molecular complexity index is 249. The van der Waals surface area contributed by atoms with Crippen LogP contribution >= 0.6 is 11.8 Å². The predicted molar refractivity (Wildman–Crippen MR) is 68.4 cm³/mol. The van der Waals surface area contributed by atoms with Crippen LogP contribution in [0.15, 0.2) is 0 Å². The summed E-state index contributed by atoms with van der Waals surface area (Å²) in [5.41, 5.74) is 5.94. The van der Waals surface area contributed by atoms with Crippen molar-refractivity contribution in [2.24, 2.45) is 11.7 Å². The molecule has 4 heteroatoms. The quantitative estimate of drug-likeness (QED) is 0.797. The molecule has 3 atom stereocenters. The SMILES string of the molecule is CN(C(=O)C1CCCC(N)C1)C1CCSC1. The summed E-state index contributed by atoms with van der Waals surface area (Å²) in [4.78, 5) is 14.3. The Labute approximate surface area is 102 Å². The molecule has 0 radical (unpaired) electrons. The smallest absolute Gasteiger partial charge is 0.225 e. The van der Waals surface area contributed by atoms with E-state index in [2.05, 4.69) is 0 Å². The van der Waals surface area contributed by atoms with E-state index in [1.807, 2.05) is 23.7 Å². The van der Waals surface area contributed by atoms with Crippen molar-refractivity contribution >= 4 is 17.7 Å². The van der Waals surface area contributed by atoms with Gasteiger partial charge in [-0.3, -0.25) is 4.79 Å². The van der Waals surface area contributed by atoms with Gasteiger partial charge < -0.3 is 10.6 Å². The minimum Gasteiger partial charge on any atom is -0.342 e. The summed E-state index contributed by atoms with van der Waals surface area (Å²) in [5, 5.41) is 0. The molecule has 0 spiro atoms. The van der Waals surface area contributed by atoms with Gasteiger partial charge in [-0.2, -0.15) is 11.8 Å². The molecule has 1 aliphatic carbocycles. The summed E-state index contributed by atoms with van der Waals surface area (Å²) in [5.74, 6) is 2.84. The largest absolute Gasteiger partial charge is 0.342 e. The summed E-state index contributed by atoms with van der Waals surface area (Å²) in [6, 6.07) is 0.713. The van der Waals surface area contributed by atoms with Gasteiger partial charge in [-0.15, -0.1) is 0 Å². The topological polar surface area (TPSA) is 46.3 Å². The Morgan fingerprint density at radius 1 is 1.38 bits per heavy atom.